The maximum absolute atomic E-state index is 11.8. The van der Waals surface area contributed by atoms with E-state index in [1.165, 1.54) is 9.18 Å². The maximum Gasteiger partial charge on any atom is 0.214 e. The summed E-state index contributed by atoms with van der Waals surface area (Å²) in [5.74, 6) is 0.990. The third-order valence-electron chi connectivity index (χ3n) is 3.75. The first-order chi connectivity index (χ1) is 11.5. The number of aromatic nitrogens is 1. The van der Waals surface area contributed by atoms with Gasteiger partial charge in [-0.25, -0.2) is 17.7 Å². The van der Waals surface area contributed by atoms with Gasteiger partial charge in [-0.05, 0) is 19.8 Å². The molecule has 136 valence electrons. The quantitative estimate of drug-likeness (QED) is 0.521. The van der Waals surface area contributed by atoms with Gasteiger partial charge in [0.05, 0.1) is 17.3 Å². The molecule has 1 aromatic heterocycles. The van der Waals surface area contributed by atoms with Gasteiger partial charge in [-0.1, -0.05) is 6.92 Å². The molecule has 1 fully saturated rings. The van der Waals surface area contributed by atoms with Crippen LogP contribution in [0, 0.1) is 0 Å². The molecule has 1 aliphatic rings. The first-order valence-electron chi connectivity index (χ1n) is 8.48. The van der Waals surface area contributed by atoms with Crippen LogP contribution >= 0.6 is 11.3 Å². The van der Waals surface area contributed by atoms with Crippen molar-refractivity contribution in [1.29, 1.82) is 0 Å². The van der Waals surface area contributed by atoms with Crippen molar-refractivity contribution in [2.24, 2.45) is 4.99 Å². The lowest BCUT2D eigenvalue weighted by molar-refractivity contribution is 0.452. The minimum absolute atomic E-state index is 0.266. The highest BCUT2D eigenvalue weighted by molar-refractivity contribution is 7.89. The zero-order valence-corrected chi connectivity index (χ0v) is 16.0. The number of rotatable bonds is 8. The second kappa shape index (κ2) is 9.33. The van der Waals surface area contributed by atoms with Crippen molar-refractivity contribution in [3.63, 3.8) is 0 Å². The minimum atomic E-state index is -3.03. The Bertz CT molecular complexity index is 642. The number of hydrogen-bond acceptors (Lipinski definition) is 5. The first kappa shape index (κ1) is 19.1. The molecule has 0 aliphatic carbocycles. The molecule has 2 rings (SSSR count). The van der Waals surface area contributed by atoms with Gasteiger partial charge in [-0.3, -0.25) is 4.99 Å². The molecule has 1 aliphatic heterocycles. The summed E-state index contributed by atoms with van der Waals surface area (Å²) in [5.41, 5.74) is 0. The van der Waals surface area contributed by atoms with Crippen molar-refractivity contribution < 1.29 is 8.42 Å². The van der Waals surface area contributed by atoms with Gasteiger partial charge in [0.25, 0.3) is 0 Å². The number of hydrogen-bond donors (Lipinski definition) is 2. The predicted molar refractivity (Wildman–Crippen MR) is 99.2 cm³/mol. The molecule has 24 heavy (non-hydrogen) atoms. The van der Waals surface area contributed by atoms with E-state index in [1.807, 2.05) is 13.1 Å². The van der Waals surface area contributed by atoms with Crippen LogP contribution in [-0.2, 0) is 22.9 Å². The van der Waals surface area contributed by atoms with Crippen LogP contribution in [0.25, 0.3) is 0 Å². The molecule has 0 amide bonds. The Labute approximate surface area is 148 Å². The van der Waals surface area contributed by atoms with E-state index in [2.05, 4.69) is 27.5 Å². The normalized spacial score (nSPS) is 18.0. The summed E-state index contributed by atoms with van der Waals surface area (Å²) in [6.07, 6.45) is 4.54. The monoisotopic (exact) mass is 373 g/mol. The molecule has 2 heterocycles. The zero-order valence-electron chi connectivity index (χ0n) is 14.4. The van der Waals surface area contributed by atoms with Crippen LogP contribution in [0.1, 0.15) is 30.2 Å². The molecule has 9 heteroatoms. The summed E-state index contributed by atoms with van der Waals surface area (Å²) >= 11 is 1.75. The number of nitrogens with zero attached hydrogens (tertiary/aromatic N) is 3. The molecular weight excluding hydrogens is 346 g/mol. The summed E-state index contributed by atoms with van der Waals surface area (Å²) in [5, 5.41) is 7.59. The lowest BCUT2D eigenvalue weighted by atomic mass is 10.4. The Morgan fingerprint density at radius 2 is 2.25 bits per heavy atom. The first-order valence-corrected chi connectivity index (χ1v) is 10.9. The molecule has 0 unspecified atom stereocenters. The van der Waals surface area contributed by atoms with E-state index in [0.29, 0.717) is 19.6 Å². The van der Waals surface area contributed by atoms with Crippen molar-refractivity contribution in [2.45, 2.75) is 33.1 Å². The van der Waals surface area contributed by atoms with Crippen LogP contribution in [0.3, 0.4) is 0 Å². The van der Waals surface area contributed by atoms with Gasteiger partial charge >= 0.3 is 0 Å². The lowest BCUT2D eigenvalue weighted by Gasteiger charge is -2.14. The Morgan fingerprint density at radius 3 is 2.88 bits per heavy atom. The van der Waals surface area contributed by atoms with E-state index < -0.39 is 10.0 Å². The van der Waals surface area contributed by atoms with Crippen molar-refractivity contribution in [1.82, 2.24) is 19.9 Å². The number of aryl methyl sites for hydroxylation is 1. The van der Waals surface area contributed by atoms with Gasteiger partial charge in [-0.2, -0.15) is 0 Å². The molecule has 1 saturated heterocycles. The predicted octanol–water partition coefficient (Wildman–Crippen LogP) is 0.839. The van der Waals surface area contributed by atoms with Crippen LogP contribution < -0.4 is 10.6 Å². The van der Waals surface area contributed by atoms with Gasteiger partial charge in [0.1, 0.15) is 0 Å². The van der Waals surface area contributed by atoms with E-state index in [4.69, 9.17) is 0 Å². The fourth-order valence-electron chi connectivity index (χ4n) is 2.47. The van der Waals surface area contributed by atoms with Crippen molar-refractivity contribution in [2.75, 3.05) is 38.5 Å². The standard InChI is InChI=1S/C15H27N5O2S2/c1-3-13-12-19-14(23-13)6-7-17-15(16-4-2)18-8-10-20-9-5-11-24(20,21)22/h12H,3-11H2,1-2H3,(H2,16,17,18). The smallest absolute Gasteiger partial charge is 0.214 e. The molecule has 0 spiro atoms. The fraction of sp³-hybridized carbons (Fsp3) is 0.733. The second-order valence-electron chi connectivity index (χ2n) is 5.58. The van der Waals surface area contributed by atoms with Gasteiger partial charge in [0.2, 0.25) is 10.0 Å². The van der Waals surface area contributed by atoms with Gasteiger partial charge in [0, 0.05) is 43.7 Å². The van der Waals surface area contributed by atoms with Crippen molar-refractivity contribution in [3.8, 4) is 0 Å². The maximum atomic E-state index is 11.8. The fourth-order valence-corrected chi connectivity index (χ4v) is 4.85. The van der Waals surface area contributed by atoms with Crippen molar-refractivity contribution in [3.05, 3.63) is 16.1 Å². The third kappa shape index (κ3) is 5.71. The Morgan fingerprint density at radius 1 is 1.42 bits per heavy atom. The third-order valence-corrected chi connectivity index (χ3v) is 6.91. The van der Waals surface area contributed by atoms with E-state index in [1.54, 1.807) is 11.3 Å². The average molecular weight is 374 g/mol. The summed E-state index contributed by atoms with van der Waals surface area (Å²) in [7, 11) is -3.03. The second-order valence-corrected chi connectivity index (χ2v) is 8.87. The lowest BCUT2D eigenvalue weighted by Crippen LogP contribution is -2.39. The van der Waals surface area contributed by atoms with Crippen LogP contribution in [0.4, 0.5) is 0 Å². The number of guanidine groups is 1. The molecule has 0 atom stereocenters. The Kier molecular flexibility index (Phi) is 7.44. The number of thiazole rings is 1. The number of nitrogens with one attached hydrogen (secondary N) is 2. The average Bonchev–Trinajstić information content (AvgIpc) is 3.14. The molecule has 2 N–H and O–H groups in total. The minimum Gasteiger partial charge on any atom is -0.357 e. The molecule has 0 saturated carbocycles. The summed E-state index contributed by atoms with van der Waals surface area (Å²) in [6.45, 7) is 7.20. The molecular formula is C15H27N5O2S2. The molecule has 0 radical (unpaired) electrons. The van der Waals surface area contributed by atoms with Gasteiger partial charge < -0.3 is 10.6 Å². The van der Waals surface area contributed by atoms with Crippen LogP contribution in [0.5, 0.6) is 0 Å². The highest BCUT2D eigenvalue weighted by atomic mass is 32.2. The van der Waals surface area contributed by atoms with E-state index in [-0.39, 0.29) is 5.75 Å². The van der Waals surface area contributed by atoms with Gasteiger partial charge in [-0.15, -0.1) is 11.3 Å². The van der Waals surface area contributed by atoms with Gasteiger partial charge in [0.15, 0.2) is 5.96 Å². The highest BCUT2D eigenvalue weighted by Gasteiger charge is 2.27. The largest absolute Gasteiger partial charge is 0.357 e. The molecule has 1 aromatic rings. The van der Waals surface area contributed by atoms with E-state index in [0.717, 1.165) is 43.3 Å². The highest BCUT2D eigenvalue weighted by Crippen LogP contribution is 2.13. The number of sulfonamides is 1. The molecule has 0 aromatic carbocycles. The SMILES string of the molecule is CCNC(=NCCN1CCCS1(=O)=O)NCCc1ncc(CC)s1. The number of aliphatic imine (C=N–C) groups is 1. The summed E-state index contributed by atoms with van der Waals surface area (Å²) in [4.78, 5) is 10.2. The van der Waals surface area contributed by atoms with Crippen LogP contribution in [-0.4, -0.2) is 62.1 Å². The topological polar surface area (TPSA) is 86.7 Å². The van der Waals surface area contributed by atoms with E-state index >= 15 is 0 Å². The molecule has 0 bridgehead atoms. The Hall–Kier alpha value is -1.19. The molecule has 7 nitrogen and oxygen atoms in total. The zero-order chi connectivity index (χ0) is 17.4. The van der Waals surface area contributed by atoms with Crippen LogP contribution in [0.15, 0.2) is 11.2 Å². The Balaban J connectivity index is 1.77. The summed E-state index contributed by atoms with van der Waals surface area (Å²) in [6, 6.07) is 0. The summed E-state index contributed by atoms with van der Waals surface area (Å²) < 4.78 is 25.0. The van der Waals surface area contributed by atoms with Crippen molar-refractivity contribution >= 4 is 27.3 Å². The van der Waals surface area contributed by atoms with E-state index in [9.17, 15) is 8.42 Å². The van der Waals surface area contributed by atoms with Crippen LogP contribution in [0.2, 0.25) is 0 Å².